The zero-order chi connectivity index (χ0) is 9.10. The van der Waals surface area contributed by atoms with E-state index in [9.17, 15) is 0 Å². The van der Waals surface area contributed by atoms with Crippen LogP contribution in [0.1, 0.15) is 12.8 Å². The third-order valence-corrected chi connectivity index (χ3v) is 6.18. The fourth-order valence-electron chi connectivity index (χ4n) is 2.08. The number of hydrogen-bond donors (Lipinski definition) is 0. The molecule has 2 heterocycles. The molecule has 0 unspecified atom stereocenters. The van der Waals surface area contributed by atoms with Crippen molar-refractivity contribution in [3.05, 3.63) is 18.3 Å². The summed E-state index contributed by atoms with van der Waals surface area (Å²) >= 11 is 0. The van der Waals surface area contributed by atoms with Crippen LogP contribution < -0.4 is 10.1 Å². The Balaban J connectivity index is 2.26. The molecule has 0 atom stereocenters. The summed E-state index contributed by atoms with van der Waals surface area (Å²) in [7, 11) is 1.01. The minimum Gasteiger partial charge on any atom is -0.495 e. The Hall–Kier alpha value is -0.833. The van der Waals surface area contributed by atoms with Crippen molar-refractivity contribution in [2.45, 2.75) is 24.9 Å². The normalized spacial score (nSPS) is 17.6. The first-order valence-electron chi connectivity index (χ1n) is 4.90. The third-order valence-electron chi connectivity index (χ3n) is 2.76. The molecule has 0 spiro atoms. The van der Waals surface area contributed by atoms with Crippen molar-refractivity contribution in [2.24, 2.45) is 0 Å². The van der Waals surface area contributed by atoms with Crippen LogP contribution in [-0.4, -0.2) is 20.9 Å². The molecule has 1 aromatic rings. The van der Waals surface area contributed by atoms with Crippen LogP contribution in [0.3, 0.4) is 0 Å². The lowest BCUT2D eigenvalue weighted by Crippen LogP contribution is -2.30. The summed E-state index contributed by atoms with van der Waals surface area (Å²) in [6.45, 7) is 0. The SMILES string of the molecule is COc1cccnc1[SiH]1CCCC1. The maximum atomic E-state index is 5.33. The number of aromatic nitrogens is 1. The van der Waals surface area contributed by atoms with E-state index in [0.29, 0.717) is 0 Å². The standard InChI is InChI=1S/C10H15NOSi/c1-12-9-5-4-6-11-10(9)13-7-2-3-8-13/h4-6,13H,2-3,7-8H2,1H3. The van der Waals surface area contributed by atoms with Crippen molar-refractivity contribution < 1.29 is 4.74 Å². The van der Waals surface area contributed by atoms with Crippen LogP contribution in [0.5, 0.6) is 5.75 Å². The maximum absolute atomic E-state index is 5.33. The predicted molar refractivity (Wildman–Crippen MR) is 56.4 cm³/mol. The minimum atomic E-state index is -0.732. The molecule has 0 radical (unpaired) electrons. The molecule has 70 valence electrons. The number of nitrogens with zero attached hydrogens (tertiary/aromatic N) is 1. The average Bonchev–Trinajstić information content (AvgIpc) is 2.70. The highest BCUT2D eigenvalue weighted by Crippen LogP contribution is 2.21. The number of methoxy groups -OCH3 is 1. The van der Waals surface area contributed by atoms with Gasteiger partial charge in [0.1, 0.15) is 5.75 Å². The van der Waals surface area contributed by atoms with Gasteiger partial charge in [0.05, 0.1) is 21.2 Å². The summed E-state index contributed by atoms with van der Waals surface area (Å²) in [5, 5.41) is 1.29. The second kappa shape index (κ2) is 3.92. The van der Waals surface area contributed by atoms with Crippen LogP contribution in [0, 0.1) is 0 Å². The Kier molecular flexibility index (Phi) is 2.64. The van der Waals surface area contributed by atoms with Crippen LogP contribution in [0.4, 0.5) is 0 Å². The van der Waals surface area contributed by atoms with Gasteiger partial charge in [-0.15, -0.1) is 0 Å². The van der Waals surface area contributed by atoms with Gasteiger partial charge in [0.2, 0.25) is 0 Å². The summed E-state index contributed by atoms with van der Waals surface area (Å²) in [4.78, 5) is 4.47. The second-order valence-corrected chi connectivity index (χ2v) is 6.67. The van der Waals surface area contributed by atoms with Gasteiger partial charge in [-0.25, -0.2) is 0 Å². The highest BCUT2D eigenvalue weighted by Gasteiger charge is 2.22. The Morgan fingerprint density at radius 1 is 1.38 bits per heavy atom. The highest BCUT2D eigenvalue weighted by molar-refractivity contribution is 6.73. The Morgan fingerprint density at radius 3 is 2.85 bits per heavy atom. The lowest BCUT2D eigenvalue weighted by atomic mass is 10.4. The number of rotatable bonds is 2. The van der Waals surface area contributed by atoms with Crippen molar-refractivity contribution in [2.75, 3.05) is 7.11 Å². The largest absolute Gasteiger partial charge is 0.495 e. The van der Waals surface area contributed by atoms with Crippen molar-refractivity contribution in [1.29, 1.82) is 0 Å². The topological polar surface area (TPSA) is 22.1 Å². The number of hydrogen-bond acceptors (Lipinski definition) is 2. The smallest absolute Gasteiger partial charge is 0.135 e. The number of pyridine rings is 1. The summed E-state index contributed by atoms with van der Waals surface area (Å²) in [5.74, 6) is 1.01. The molecule has 1 aromatic heterocycles. The van der Waals surface area contributed by atoms with Gasteiger partial charge in [0, 0.05) is 6.20 Å². The third kappa shape index (κ3) is 1.75. The Morgan fingerprint density at radius 2 is 2.15 bits per heavy atom. The minimum absolute atomic E-state index is 0.732. The van der Waals surface area contributed by atoms with Crippen molar-refractivity contribution in [1.82, 2.24) is 4.98 Å². The molecule has 1 aliphatic heterocycles. The summed E-state index contributed by atoms with van der Waals surface area (Å²) in [6, 6.07) is 6.81. The van der Waals surface area contributed by atoms with Crippen LogP contribution in [0.2, 0.25) is 12.1 Å². The molecule has 13 heavy (non-hydrogen) atoms. The molecule has 0 N–H and O–H groups in total. The van der Waals surface area contributed by atoms with E-state index in [1.807, 2.05) is 18.3 Å². The first-order valence-corrected chi connectivity index (χ1v) is 7.12. The van der Waals surface area contributed by atoms with Gasteiger partial charge in [-0.3, -0.25) is 4.98 Å². The van der Waals surface area contributed by atoms with E-state index in [4.69, 9.17) is 4.74 Å². The molecule has 2 nitrogen and oxygen atoms in total. The fraction of sp³-hybridized carbons (Fsp3) is 0.500. The van der Waals surface area contributed by atoms with Gasteiger partial charge >= 0.3 is 0 Å². The summed E-state index contributed by atoms with van der Waals surface area (Å²) < 4.78 is 5.33. The van der Waals surface area contributed by atoms with E-state index >= 15 is 0 Å². The van der Waals surface area contributed by atoms with Gasteiger partial charge in [0.15, 0.2) is 0 Å². The first kappa shape index (κ1) is 8.75. The Bertz CT molecular complexity index is 284. The molecule has 2 rings (SSSR count). The van der Waals surface area contributed by atoms with E-state index in [1.165, 1.54) is 30.2 Å². The van der Waals surface area contributed by atoms with Crippen molar-refractivity contribution in [3.8, 4) is 5.75 Å². The molecule has 1 aliphatic rings. The van der Waals surface area contributed by atoms with E-state index in [0.717, 1.165) is 5.75 Å². The maximum Gasteiger partial charge on any atom is 0.135 e. The highest BCUT2D eigenvalue weighted by atomic mass is 28.3. The van der Waals surface area contributed by atoms with Crippen LogP contribution in [-0.2, 0) is 0 Å². The quantitative estimate of drug-likeness (QED) is 0.661. The van der Waals surface area contributed by atoms with Gasteiger partial charge in [-0.2, -0.15) is 0 Å². The molecule has 0 amide bonds. The van der Waals surface area contributed by atoms with Gasteiger partial charge in [0.25, 0.3) is 0 Å². The predicted octanol–water partition coefficient (Wildman–Crippen LogP) is 1.32. The van der Waals surface area contributed by atoms with Crippen LogP contribution in [0.15, 0.2) is 18.3 Å². The van der Waals surface area contributed by atoms with E-state index in [2.05, 4.69) is 4.98 Å². The zero-order valence-electron chi connectivity index (χ0n) is 7.99. The van der Waals surface area contributed by atoms with Gasteiger partial charge in [-0.05, 0) is 12.1 Å². The number of ether oxygens (including phenoxy) is 1. The lowest BCUT2D eigenvalue weighted by Gasteiger charge is -2.10. The second-order valence-electron chi connectivity index (χ2n) is 3.57. The lowest BCUT2D eigenvalue weighted by molar-refractivity contribution is 0.416. The molecule has 0 aliphatic carbocycles. The average molecular weight is 193 g/mol. The summed E-state index contributed by atoms with van der Waals surface area (Å²) in [6.07, 6.45) is 4.69. The molecular formula is C10H15NOSi. The molecule has 0 saturated carbocycles. The van der Waals surface area contributed by atoms with Crippen molar-refractivity contribution in [3.63, 3.8) is 0 Å². The van der Waals surface area contributed by atoms with Crippen molar-refractivity contribution >= 4 is 14.1 Å². The van der Waals surface area contributed by atoms with E-state index < -0.39 is 8.80 Å². The molecule has 3 heteroatoms. The van der Waals surface area contributed by atoms with Crippen LogP contribution in [0.25, 0.3) is 0 Å². The molecular weight excluding hydrogens is 178 g/mol. The monoisotopic (exact) mass is 193 g/mol. The molecule has 0 bridgehead atoms. The fourth-order valence-corrected chi connectivity index (χ4v) is 5.39. The van der Waals surface area contributed by atoms with E-state index in [1.54, 1.807) is 7.11 Å². The first-order chi connectivity index (χ1) is 6.42. The summed E-state index contributed by atoms with van der Waals surface area (Å²) in [5.41, 5.74) is 0. The molecule has 0 aromatic carbocycles. The van der Waals surface area contributed by atoms with Crippen LogP contribution >= 0.6 is 0 Å². The van der Waals surface area contributed by atoms with E-state index in [-0.39, 0.29) is 0 Å². The van der Waals surface area contributed by atoms with Gasteiger partial charge < -0.3 is 4.74 Å². The Labute approximate surface area is 80.6 Å². The molecule has 1 saturated heterocycles. The molecule has 1 fully saturated rings. The van der Waals surface area contributed by atoms with Gasteiger partial charge in [-0.1, -0.05) is 24.9 Å². The zero-order valence-corrected chi connectivity index (χ0v) is 9.15.